The van der Waals surface area contributed by atoms with E-state index in [4.69, 9.17) is 28.4 Å². The average Bonchev–Trinajstić information content (AvgIpc) is 3.06. The summed E-state index contributed by atoms with van der Waals surface area (Å²) in [7, 11) is 0. The Morgan fingerprint density at radius 1 is 0.604 bits per heavy atom. The Bertz CT molecular complexity index is 1050. The third-order valence-electron chi connectivity index (χ3n) is 8.23. The van der Waals surface area contributed by atoms with Crippen molar-refractivity contribution in [2.45, 2.75) is 65.5 Å². The first-order valence-electron chi connectivity index (χ1n) is 16.5. The average molecular weight is 673 g/mol. The maximum absolute atomic E-state index is 13.1. The van der Waals surface area contributed by atoms with E-state index < -0.39 is 34.1 Å². The van der Waals surface area contributed by atoms with E-state index >= 15 is 0 Å². The van der Waals surface area contributed by atoms with Crippen LogP contribution in [0.5, 0.6) is 0 Å². The fourth-order valence-electron chi connectivity index (χ4n) is 4.76. The zero-order valence-electron chi connectivity index (χ0n) is 30.2. The van der Waals surface area contributed by atoms with Gasteiger partial charge in [0.05, 0.1) is 74.8 Å². The van der Waals surface area contributed by atoms with Gasteiger partial charge in [-0.05, 0) is 51.7 Å². The number of hydrogen-bond donors (Lipinski definition) is 2. The largest absolute Gasteiger partial charge is 0.449 e. The van der Waals surface area contributed by atoms with Crippen molar-refractivity contribution in [3.8, 4) is 0 Å². The molecule has 270 valence electrons. The Morgan fingerprint density at radius 3 is 1.19 bits per heavy atom. The maximum atomic E-state index is 13.1. The van der Waals surface area contributed by atoms with Crippen LogP contribution < -0.4 is 10.6 Å². The highest BCUT2D eigenvalue weighted by atomic mass is 16.6. The van der Waals surface area contributed by atoms with Crippen LogP contribution in [0.4, 0.5) is 9.59 Å². The minimum atomic E-state index is -0.797. The quantitative estimate of drug-likeness (QED) is 0.0784. The highest BCUT2D eigenvalue weighted by Gasteiger charge is 2.34. The Morgan fingerprint density at radius 2 is 0.917 bits per heavy atom. The minimum absolute atomic E-state index is 0.110. The van der Waals surface area contributed by atoms with Crippen molar-refractivity contribution < 1.29 is 38.0 Å². The predicted molar refractivity (Wildman–Crippen MR) is 191 cm³/mol. The number of nitrogens with one attached hydrogen (secondary N) is 2. The van der Waals surface area contributed by atoms with E-state index in [1.807, 2.05) is 65.8 Å². The topological polar surface area (TPSA) is 114 Å². The van der Waals surface area contributed by atoms with Gasteiger partial charge in [0.2, 0.25) is 0 Å². The van der Waals surface area contributed by atoms with Crippen molar-refractivity contribution in [1.82, 2.24) is 10.6 Å². The Kier molecular flexibility index (Phi) is 19.1. The first-order chi connectivity index (χ1) is 22.8. The zero-order valence-corrected chi connectivity index (χ0v) is 30.2. The summed E-state index contributed by atoms with van der Waals surface area (Å²) in [6.07, 6.45) is 6.93. The van der Waals surface area contributed by atoms with Crippen LogP contribution in [-0.2, 0) is 39.5 Å². The summed E-state index contributed by atoms with van der Waals surface area (Å²) in [5.74, 6) is 0. The van der Waals surface area contributed by atoms with Gasteiger partial charge in [-0.2, -0.15) is 0 Å². The molecule has 0 fully saturated rings. The van der Waals surface area contributed by atoms with Crippen molar-refractivity contribution >= 4 is 12.2 Å². The van der Waals surface area contributed by atoms with Crippen LogP contribution in [-0.4, -0.2) is 78.3 Å². The van der Waals surface area contributed by atoms with Crippen LogP contribution in [0.25, 0.3) is 0 Å². The lowest BCUT2D eigenvalue weighted by Gasteiger charge is -2.34. The van der Waals surface area contributed by atoms with Gasteiger partial charge >= 0.3 is 12.2 Å². The smallest absolute Gasteiger partial charge is 0.407 e. The molecule has 1 aromatic carbocycles. The molecule has 0 saturated carbocycles. The van der Waals surface area contributed by atoms with Gasteiger partial charge < -0.3 is 39.1 Å². The van der Waals surface area contributed by atoms with Gasteiger partial charge in [-0.3, -0.25) is 0 Å². The molecule has 0 aliphatic rings. The van der Waals surface area contributed by atoms with Gasteiger partial charge in [0.15, 0.2) is 0 Å². The fourth-order valence-corrected chi connectivity index (χ4v) is 4.76. The Labute approximate surface area is 288 Å². The summed E-state index contributed by atoms with van der Waals surface area (Å²) < 4.78 is 34.4. The van der Waals surface area contributed by atoms with Crippen LogP contribution >= 0.6 is 0 Å². The summed E-state index contributed by atoms with van der Waals surface area (Å²) in [5, 5.41) is 5.97. The first-order valence-corrected chi connectivity index (χ1v) is 16.5. The standard InChI is InChI=1S/C38H60N2O8/c1-11-20-43-25-37(15-5,26-44-21-12-2)29-47-33(41)39-35(7,8)31-18-17-19-32(24-31)36(9,10)40-34(42)48-30-38(16-6,27-45-22-13-3)28-46-23-14-4/h11-14,17-19,24H,1-4,15-16,20-23,25-30H2,5-10H3,(H,39,41)(H,40,42). The molecule has 0 unspecified atom stereocenters. The third kappa shape index (κ3) is 14.8. The van der Waals surface area contributed by atoms with Gasteiger partial charge in [0, 0.05) is 0 Å². The molecule has 0 aliphatic heterocycles. The van der Waals surface area contributed by atoms with Gasteiger partial charge in [-0.15, -0.1) is 26.3 Å². The molecule has 0 bridgehead atoms. The van der Waals surface area contributed by atoms with E-state index in [0.717, 1.165) is 11.1 Å². The number of ether oxygens (including phenoxy) is 6. The second-order valence-corrected chi connectivity index (χ2v) is 13.2. The van der Waals surface area contributed by atoms with Crippen LogP contribution in [0, 0.1) is 10.8 Å². The minimum Gasteiger partial charge on any atom is -0.449 e. The SMILES string of the molecule is C=CCOCC(CC)(COCC=C)COC(=O)NC(C)(C)c1cccc(C(C)(C)NC(=O)OCC(CC)(COCC=C)COCC=C)c1. The third-order valence-corrected chi connectivity index (χ3v) is 8.23. The van der Waals surface area contributed by atoms with Gasteiger partial charge in [0.25, 0.3) is 0 Å². The zero-order chi connectivity index (χ0) is 36.1. The summed E-state index contributed by atoms with van der Waals surface area (Å²) in [6.45, 7) is 29.5. The van der Waals surface area contributed by atoms with Crippen LogP contribution in [0.15, 0.2) is 74.9 Å². The molecule has 0 heterocycles. The molecule has 2 N–H and O–H groups in total. The van der Waals surface area contributed by atoms with E-state index in [2.05, 4.69) is 36.9 Å². The number of alkyl carbamates (subject to hydrolysis) is 2. The number of amides is 2. The lowest BCUT2D eigenvalue weighted by atomic mass is 9.87. The molecule has 0 saturated heterocycles. The van der Waals surface area contributed by atoms with E-state index in [1.54, 1.807) is 24.3 Å². The molecule has 0 spiro atoms. The van der Waals surface area contributed by atoms with Gasteiger partial charge in [0.1, 0.15) is 13.2 Å². The van der Waals surface area contributed by atoms with Crippen LogP contribution in [0.3, 0.4) is 0 Å². The molecule has 48 heavy (non-hydrogen) atoms. The van der Waals surface area contributed by atoms with E-state index in [0.29, 0.717) is 65.7 Å². The number of carbonyl (C=O) groups is 2. The lowest BCUT2D eigenvalue weighted by Crippen LogP contribution is -2.45. The molecular formula is C38H60N2O8. The molecule has 10 nitrogen and oxygen atoms in total. The van der Waals surface area contributed by atoms with Crippen molar-refractivity contribution in [2.24, 2.45) is 10.8 Å². The number of rotatable bonds is 26. The van der Waals surface area contributed by atoms with E-state index in [9.17, 15) is 9.59 Å². The van der Waals surface area contributed by atoms with Crippen molar-refractivity contribution in [3.63, 3.8) is 0 Å². The summed E-state index contributed by atoms with van der Waals surface area (Å²) in [6, 6.07) is 7.68. The van der Waals surface area contributed by atoms with Crippen LogP contribution in [0.2, 0.25) is 0 Å². The second-order valence-electron chi connectivity index (χ2n) is 13.2. The van der Waals surface area contributed by atoms with Crippen molar-refractivity contribution in [2.75, 3.05) is 66.1 Å². The Hall–Kier alpha value is -3.44. The highest BCUT2D eigenvalue weighted by molar-refractivity contribution is 5.69. The van der Waals surface area contributed by atoms with Crippen molar-refractivity contribution in [3.05, 3.63) is 86.0 Å². The maximum Gasteiger partial charge on any atom is 0.407 e. The fraction of sp³-hybridized carbons (Fsp3) is 0.579. The van der Waals surface area contributed by atoms with E-state index in [-0.39, 0.29) is 13.2 Å². The molecule has 1 rings (SSSR count). The van der Waals surface area contributed by atoms with E-state index in [1.165, 1.54) is 0 Å². The normalized spacial score (nSPS) is 12.1. The van der Waals surface area contributed by atoms with Gasteiger partial charge in [-0.1, -0.05) is 62.4 Å². The van der Waals surface area contributed by atoms with Crippen molar-refractivity contribution in [1.29, 1.82) is 0 Å². The predicted octanol–water partition coefficient (Wildman–Crippen LogP) is 7.21. The number of carbonyl (C=O) groups excluding carboxylic acids is 2. The molecule has 0 aliphatic carbocycles. The molecule has 1 aromatic rings. The Balaban J connectivity index is 2.97. The number of hydrogen-bond acceptors (Lipinski definition) is 8. The van der Waals surface area contributed by atoms with Gasteiger partial charge in [-0.25, -0.2) is 9.59 Å². The second kappa shape index (κ2) is 21.5. The summed E-state index contributed by atoms with van der Waals surface area (Å²) >= 11 is 0. The van der Waals surface area contributed by atoms with Crippen LogP contribution in [0.1, 0.15) is 65.5 Å². The highest BCUT2D eigenvalue weighted by Crippen LogP contribution is 2.29. The molecule has 0 atom stereocenters. The molecule has 2 amide bonds. The summed E-state index contributed by atoms with van der Waals surface area (Å²) in [4.78, 5) is 26.2. The molecule has 10 heteroatoms. The molecular weight excluding hydrogens is 612 g/mol. The summed E-state index contributed by atoms with van der Waals surface area (Å²) in [5.41, 5.74) is -0.982. The molecule has 0 radical (unpaired) electrons. The monoisotopic (exact) mass is 672 g/mol. The first kappa shape index (κ1) is 42.6. The lowest BCUT2D eigenvalue weighted by molar-refractivity contribution is -0.0469. The molecule has 0 aromatic heterocycles. The number of benzene rings is 1.